The van der Waals surface area contributed by atoms with Gasteiger partial charge < -0.3 is 0 Å². The van der Waals surface area contributed by atoms with Gasteiger partial charge in [-0.25, -0.2) is 0 Å². The van der Waals surface area contributed by atoms with Crippen LogP contribution in [0.15, 0.2) is 0 Å². The molecule has 0 aromatic carbocycles. The number of carbonyl (C=O) groups excluding carboxylic acids is 1. The number of amides is 1. The fourth-order valence-corrected chi connectivity index (χ4v) is 0.750. The number of hydrogen-bond acceptors (Lipinski definition) is 3. The van der Waals surface area contributed by atoms with Crippen LogP contribution in [0.25, 0.3) is 0 Å². The van der Waals surface area contributed by atoms with Gasteiger partial charge in [0.1, 0.15) is 12.2 Å². The number of halogens is 3. The molecule has 8 heteroatoms. The smallest absolute Gasteiger partial charge is 0.293 e. The van der Waals surface area contributed by atoms with Crippen molar-refractivity contribution in [2.75, 3.05) is 5.32 Å². The predicted molar refractivity (Wildman–Crippen MR) is 40.4 cm³/mol. The molecule has 14 heavy (non-hydrogen) atoms. The van der Waals surface area contributed by atoms with Crippen molar-refractivity contribution in [3.8, 4) is 0 Å². The topological polar surface area (TPSA) is 70.7 Å². The van der Waals surface area contributed by atoms with Crippen molar-refractivity contribution in [3.05, 3.63) is 5.82 Å². The van der Waals surface area contributed by atoms with Crippen molar-refractivity contribution >= 4 is 11.9 Å². The highest BCUT2D eigenvalue weighted by atomic mass is 19.4. The Morgan fingerprint density at radius 1 is 1.57 bits per heavy atom. The third-order valence-corrected chi connectivity index (χ3v) is 1.21. The van der Waals surface area contributed by atoms with Crippen LogP contribution in [0.3, 0.4) is 0 Å². The number of aromatic nitrogens is 3. The van der Waals surface area contributed by atoms with Crippen LogP contribution >= 0.6 is 0 Å². The van der Waals surface area contributed by atoms with E-state index in [1.165, 1.54) is 0 Å². The molecule has 1 aromatic rings. The van der Waals surface area contributed by atoms with E-state index in [0.717, 1.165) is 0 Å². The highest BCUT2D eigenvalue weighted by molar-refractivity contribution is 5.89. The predicted octanol–water partition coefficient (Wildman–Crippen LogP) is 1.00. The first-order valence-electron chi connectivity index (χ1n) is 3.62. The maximum absolute atomic E-state index is 11.7. The average Bonchev–Trinajstić information content (AvgIpc) is 2.30. The van der Waals surface area contributed by atoms with Crippen molar-refractivity contribution < 1.29 is 18.0 Å². The third-order valence-electron chi connectivity index (χ3n) is 1.21. The van der Waals surface area contributed by atoms with E-state index in [2.05, 4.69) is 15.2 Å². The molecule has 1 amide bonds. The summed E-state index contributed by atoms with van der Waals surface area (Å²) in [6.45, 7) is 1.56. The molecule has 78 valence electrons. The van der Waals surface area contributed by atoms with Crippen LogP contribution in [-0.2, 0) is 4.79 Å². The van der Waals surface area contributed by atoms with Gasteiger partial charge >= 0.3 is 6.18 Å². The molecule has 0 saturated heterocycles. The lowest BCUT2D eigenvalue weighted by molar-refractivity contribution is -0.150. The third kappa shape index (κ3) is 3.42. The highest BCUT2D eigenvalue weighted by Gasteiger charge is 2.31. The number of alkyl halides is 3. The second kappa shape index (κ2) is 3.64. The van der Waals surface area contributed by atoms with E-state index in [1.807, 2.05) is 5.32 Å². The summed E-state index contributed by atoms with van der Waals surface area (Å²) in [5, 5.41) is 7.74. The minimum atomic E-state index is -4.52. The van der Waals surface area contributed by atoms with E-state index in [4.69, 9.17) is 0 Å². The summed E-state index contributed by atoms with van der Waals surface area (Å²) in [5.41, 5.74) is 0. The number of aryl methyl sites for hydroxylation is 1. The van der Waals surface area contributed by atoms with Crippen molar-refractivity contribution in [1.29, 1.82) is 0 Å². The van der Waals surface area contributed by atoms with Crippen LogP contribution < -0.4 is 5.32 Å². The molecule has 0 aliphatic carbocycles. The zero-order valence-corrected chi connectivity index (χ0v) is 7.14. The van der Waals surface area contributed by atoms with Gasteiger partial charge in [-0.15, -0.1) is 5.10 Å². The molecule has 0 atom stereocenters. The Bertz CT molecular complexity index is 332. The molecule has 0 spiro atoms. The van der Waals surface area contributed by atoms with Gasteiger partial charge in [0.05, 0.1) is 0 Å². The molecule has 1 heterocycles. The van der Waals surface area contributed by atoms with Crippen molar-refractivity contribution in [2.24, 2.45) is 0 Å². The van der Waals surface area contributed by atoms with Gasteiger partial charge in [0, 0.05) is 0 Å². The molecule has 0 aliphatic rings. The number of carbonyl (C=O) groups is 1. The van der Waals surface area contributed by atoms with Crippen LogP contribution in [0.4, 0.5) is 19.1 Å². The molecule has 5 nitrogen and oxygen atoms in total. The van der Waals surface area contributed by atoms with Crippen LogP contribution in [0.1, 0.15) is 12.2 Å². The number of nitrogens with zero attached hydrogens (tertiary/aromatic N) is 2. The lowest BCUT2D eigenvalue weighted by Gasteiger charge is -2.04. The fourth-order valence-electron chi connectivity index (χ4n) is 0.750. The quantitative estimate of drug-likeness (QED) is 0.761. The maximum atomic E-state index is 11.7. The molecular weight excluding hydrogens is 201 g/mol. The summed E-state index contributed by atoms with van der Waals surface area (Å²) in [7, 11) is 0. The van der Waals surface area contributed by atoms with E-state index >= 15 is 0 Å². The number of hydrogen-bond donors (Lipinski definition) is 2. The summed E-state index contributed by atoms with van der Waals surface area (Å²) >= 11 is 0. The Labute approximate surface area is 76.7 Å². The number of rotatable bonds is 2. The molecule has 0 radical (unpaired) electrons. The van der Waals surface area contributed by atoms with Gasteiger partial charge in [0.2, 0.25) is 11.9 Å². The van der Waals surface area contributed by atoms with E-state index < -0.39 is 18.5 Å². The molecule has 0 unspecified atom stereocenters. The minimum Gasteiger partial charge on any atom is -0.293 e. The second-order valence-corrected chi connectivity index (χ2v) is 2.58. The molecule has 0 saturated carbocycles. The largest absolute Gasteiger partial charge is 0.397 e. The number of H-pyrrole nitrogens is 1. The van der Waals surface area contributed by atoms with Crippen molar-refractivity contribution in [2.45, 2.75) is 19.5 Å². The van der Waals surface area contributed by atoms with Crippen LogP contribution in [0, 0.1) is 6.92 Å². The normalized spacial score (nSPS) is 11.4. The number of anilines is 1. The van der Waals surface area contributed by atoms with Crippen LogP contribution in [0.2, 0.25) is 0 Å². The second-order valence-electron chi connectivity index (χ2n) is 2.58. The Balaban J connectivity index is 2.50. The average molecular weight is 208 g/mol. The van der Waals surface area contributed by atoms with Gasteiger partial charge in [-0.2, -0.15) is 18.2 Å². The van der Waals surface area contributed by atoms with Gasteiger partial charge in [-0.05, 0) is 6.92 Å². The summed E-state index contributed by atoms with van der Waals surface area (Å²) in [5.74, 6) is -0.930. The lowest BCUT2D eigenvalue weighted by atomic mass is 10.4. The number of nitrogens with one attached hydrogen (secondary N) is 2. The Kier molecular flexibility index (Phi) is 2.73. The standard InChI is InChI=1S/C6H7F3N4O/c1-3-10-5(13-12-3)11-4(14)2-6(7,8)9/h2H2,1H3,(H2,10,11,12,13,14). The Morgan fingerprint density at radius 3 is 2.64 bits per heavy atom. The first-order chi connectivity index (χ1) is 6.37. The molecule has 1 rings (SSSR count). The first kappa shape index (κ1) is 10.5. The SMILES string of the molecule is Cc1nc(NC(=O)CC(F)(F)F)n[nH]1. The van der Waals surface area contributed by atoms with Gasteiger partial charge in [-0.3, -0.25) is 15.2 Å². The highest BCUT2D eigenvalue weighted by Crippen LogP contribution is 2.19. The zero-order valence-electron chi connectivity index (χ0n) is 7.14. The molecular formula is C6H7F3N4O. The summed E-state index contributed by atoms with van der Waals surface area (Å²) in [6, 6.07) is 0. The number of aromatic amines is 1. The lowest BCUT2D eigenvalue weighted by Crippen LogP contribution is -2.21. The van der Waals surface area contributed by atoms with Gasteiger partial charge in [0.25, 0.3) is 0 Å². The van der Waals surface area contributed by atoms with E-state index in [-0.39, 0.29) is 5.95 Å². The summed E-state index contributed by atoms with van der Waals surface area (Å²) in [6.07, 6.45) is -6.06. The van der Waals surface area contributed by atoms with Gasteiger partial charge in [-0.1, -0.05) is 0 Å². The monoisotopic (exact) mass is 208 g/mol. The maximum Gasteiger partial charge on any atom is 0.397 e. The van der Waals surface area contributed by atoms with E-state index in [0.29, 0.717) is 5.82 Å². The fraction of sp³-hybridized carbons (Fsp3) is 0.500. The first-order valence-corrected chi connectivity index (χ1v) is 3.62. The molecule has 0 aliphatic heterocycles. The Hall–Kier alpha value is -1.60. The summed E-state index contributed by atoms with van der Waals surface area (Å²) in [4.78, 5) is 14.3. The van der Waals surface area contributed by atoms with Crippen molar-refractivity contribution in [3.63, 3.8) is 0 Å². The molecule has 2 N–H and O–H groups in total. The minimum absolute atomic E-state index is 0.156. The zero-order chi connectivity index (χ0) is 10.8. The van der Waals surface area contributed by atoms with Gasteiger partial charge in [0.15, 0.2) is 0 Å². The molecule has 0 bridgehead atoms. The molecule has 1 aromatic heterocycles. The summed E-state index contributed by atoms with van der Waals surface area (Å²) < 4.78 is 35.1. The van der Waals surface area contributed by atoms with Crippen LogP contribution in [-0.4, -0.2) is 27.3 Å². The van der Waals surface area contributed by atoms with E-state index in [9.17, 15) is 18.0 Å². The molecule has 0 fully saturated rings. The van der Waals surface area contributed by atoms with E-state index in [1.54, 1.807) is 6.92 Å². The van der Waals surface area contributed by atoms with Crippen LogP contribution in [0.5, 0.6) is 0 Å². The Morgan fingerprint density at radius 2 is 2.21 bits per heavy atom. The van der Waals surface area contributed by atoms with Crippen molar-refractivity contribution in [1.82, 2.24) is 15.2 Å².